The fraction of sp³-hybridized carbons (Fsp3) is 0.773. The minimum Gasteiger partial charge on any atom is -0.337 e. The van der Waals surface area contributed by atoms with E-state index in [0.717, 1.165) is 6.54 Å². The Kier molecular flexibility index (Phi) is 19.0. The second-order valence-corrected chi connectivity index (χ2v) is 7.09. The molecule has 0 aliphatic carbocycles. The Balaban J connectivity index is 0.00000576. The summed E-state index contributed by atoms with van der Waals surface area (Å²) in [7, 11) is 0. The van der Waals surface area contributed by atoms with Crippen LogP contribution in [0.25, 0.3) is 0 Å². The molecule has 0 aliphatic heterocycles. The lowest BCUT2D eigenvalue weighted by Crippen LogP contribution is -1.93. The second-order valence-electron chi connectivity index (χ2n) is 7.09. The van der Waals surface area contributed by atoms with Crippen molar-refractivity contribution in [3.8, 4) is 0 Å². The van der Waals surface area contributed by atoms with Crippen molar-refractivity contribution >= 4 is 12.4 Å². The highest BCUT2D eigenvalue weighted by Gasteiger charge is 1.93. The normalized spacial score (nSPS) is 11.1. The topological polar surface area (TPSA) is 17.8 Å². The maximum Gasteiger partial charge on any atom is 0.0945 e. The quantitative estimate of drug-likeness (QED) is 0.203. The van der Waals surface area contributed by atoms with E-state index in [2.05, 4.69) is 34.8 Å². The molecule has 2 nitrogen and oxygen atoms in total. The van der Waals surface area contributed by atoms with Crippen LogP contribution in [-0.4, -0.2) is 9.55 Å². The molecule has 0 bridgehead atoms. The number of halogens is 1. The average molecular weight is 369 g/mol. The van der Waals surface area contributed by atoms with E-state index in [1.807, 2.05) is 12.5 Å². The third kappa shape index (κ3) is 16.5. The molecule has 0 spiro atoms. The molecule has 0 N–H and O–H groups in total. The Morgan fingerprint density at radius 2 is 1.24 bits per heavy atom. The summed E-state index contributed by atoms with van der Waals surface area (Å²) >= 11 is 0. The van der Waals surface area contributed by atoms with Gasteiger partial charge in [0.2, 0.25) is 0 Å². The van der Waals surface area contributed by atoms with Crippen LogP contribution in [0.3, 0.4) is 0 Å². The highest BCUT2D eigenvalue weighted by atomic mass is 35.5. The Labute approximate surface area is 162 Å². The van der Waals surface area contributed by atoms with Gasteiger partial charge in [-0.2, -0.15) is 0 Å². The van der Waals surface area contributed by atoms with E-state index in [1.165, 1.54) is 96.3 Å². The number of aryl methyl sites for hydroxylation is 1. The van der Waals surface area contributed by atoms with Crippen LogP contribution in [0.1, 0.15) is 103 Å². The van der Waals surface area contributed by atoms with E-state index in [9.17, 15) is 0 Å². The molecule has 0 atom stereocenters. The van der Waals surface area contributed by atoms with Crippen molar-refractivity contribution in [3.05, 3.63) is 30.9 Å². The van der Waals surface area contributed by atoms with Gasteiger partial charge in [0.25, 0.3) is 0 Å². The lowest BCUT2D eigenvalue weighted by Gasteiger charge is -2.02. The van der Waals surface area contributed by atoms with Gasteiger partial charge >= 0.3 is 0 Å². The fourth-order valence-electron chi connectivity index (χ4n) is 3.14. The van der Waals surface area contributed by atoms with Gasteiger partial charge in [0.15, 0.2) is 0 Å². The third-order valence-electron chi connectivity index (χ3n) is 4.74. The minimum absolute atomic E-state index is 0. The van der Waals surface area contributed by atoms with Gasteiger partial charge in [-0.25, -0.2) is 4.98 Å². The summed E-state index contributed by atoms with van der Waals surface area (Å²) in [6.45, 7) is 3.41. The summed E-state index contributed by atoms with van der Waals surface area (Å²) in [5.74, 6) is 0. The Morgan fingerprint density at radius 3 is 1.76 bits per heavy atom. The van der Waals surface area contributed by atoms with Gasteiger partial charge in [-0.15, -0.1) is 12.4 Å². The standard InChI is InChI=1S/C22H40N2.ClH/c1-2-3-4-5-6-7-8-9-10-11-12-13-14-15-16-17-18-20-24-21-19-23-22-24;/h9-10,19,21-22H,2-8,11-18,20H2,1H3;1H. The Morgan fingerprint density at radius 1 is 0.720 bits per heavy atom. The SMILES string of the molecule is CCCCCCCCC=CCCCCCCCCCn1ccnc1.Cl. The highest BCUT2D eigenvalue weighted by Crippen LogP contribution is 2.11. The summed E-state index contributed by atoms with van der Waals surface area (Å²) in [5.41, 5.74) is 0. The largest absolute Gasteiger partial charge is 0.337 e. The van der Waals surface area contributed by atoms with E-state index in [-0.39, 0.29) is 12.4 Å². The van der Waals surface area contributed by atoms with E-state index in [0.29, 0.717) is 0 Å². The molecule has 1 aromatic heterocycles. The molecule has 0 amide bonds. The molecule has 1 aromatic rings. The highest BCUT2D eigenvalue weighted by molar-refractivity contribution is 5.85. The van der Waals surface area contributed by atoms with Gasteiger partial charge in [0, 0.05) is 18.9 Å². The van der Waals surface area contributed by atoms with Crippen LogP contribution in [0.5, 0.6) is 0 Å². The van der Waals surface area contributed by atoms with E-state index < -0.39 is 0 Å². The number of rotatable bonds is 17. The maximum atomic E-state index is 4.07. The van der Waals surface area contributed by atoms with Gasteiger partial charge < -0.3 is 4.57 Å². The summed E-state index contributed by atoms with van der Waals surface area (Å²) in [6.07, 6.45) is 31.3. The van der Waals surface area contributed by atoms with Crippen LogP contribution in [0.15, 0.2) is 30.9 Å². The number of imidazole rings is 1. The zero-order chi connectivity index (χ0) is 17.1. The van der Waals surface area contributed by atoms with Gasteiger partial charge in [-0.1, -0.05) is 83.3 Å². The molecule has 0 saturated heterocycles. The molecule has 146 valence electrons. The molecule has 3 heteroatoms. The summed E-state index contributed by atoms with van der Waals surface area (Å²) in [5, 5.41) is 0. The zero-order valence-electron chi connectivity index (χ0n) is 16.5. The zero-order valence-corrected chi connectivity index (χ0v) is 17.3. The van der Waals surface area contributed by atoms with Gasteiger partial charge in [-0.05, 0) is 32.1 Å². The number of aromatic nitrogens is 2. The molecule has 1 heterocycles. The molecule has 0 saturated carbocycles. The number of hydrogen-bond donors (Lipinski definition) is 0. The summed E-state index contributed by atoms with van der Waals surface area (Å²) in [4.78, 5) is 4.07. The third-order valence-corrected chi connectivity index (χ3v) is 4.74. The van der Waals surface area contributed by atoms with E-state index >= 15 is 0 Å². The molecule has 25 heavy (non-hydrogen) atoms. The molecular weight excluding hydrogens is 328 g/mol. The minimum atomic E-state index is 0. The lowest BCUT2D eigenvalue weighted by atomic mass is 10.1. The predicted molar refractivity (Wildman–Crippen MR) is 114 cm³/mol. The van der Waals surface area contributed by atoms with Crippen LogP contribution >= 0.6 is 12.4 Å². The average Bonchev–Trinajstić information content (AvgIpc) is 3.11. The van der Waals surface area contributed by atoms with E-state index in [1.54, 1.807) is 0 Å². The molecule has 0 aromatic carbocycles. The van der Waals surface area contributed by atoms with Crippen LogP contribution in [0.2, 0.25) is 0 Å². The Hall–Kier alpha value is -0.760. The lowest BCUT2D eigenvalue weighted by molar-refractivity contribution is 0.546. The van der Waals surface area contributed by atoms with Crippen molar-refractivity contribution in [1.82, 2.24) is 9.55 Å². The summed E-state index contributed by atoms with van der Waals surface area (Å²) in [6, 6.07) is 0. The van der Waals surface area contributed by atoms with Gasteiger partial charge in [-0.3, -0.25) is 0 Å². The number of allylic oxidation sites excluding steroid dienone is 2. The second kappa shape index (κ2) is 19.6. The van der Waals surface area contributed by atoms with Crippen LogP contribution in [-0.2, 0) is 6.54 Å². The van der Waals surface area contributed by atoms with Crippen molar-refractivity contribution in [2.45, 2.75) is 110 Å². The number of nitrogens with zero attached hydrogens (tertiary/aromatic N) is 2. The van der Waals surface area contributed by atoms with E-state index in [4.69, 9.17) is 0 Å². The van der Waals surface area contributed by atoms with Crippen LogP contribution in [0, 0.1) is 0 Å². The first-order chi connectivity index (χ1) is 11.9. The monoisotopic (exact) mass is 368 g/mol. The maximum absolute atomic E-state index is 4.07. The van der Waals surface area contributed by atoms with Crippen LogP contribution < -0.4 is 0 Å². The number of hydrogen-bond acceptors (Lipinski definition) is 1. The smallest absolute Gasteiger partial charge is 0.0945 e. The molecule has 0 radical (unpaired) electrons. The summed E-state index contributed by atoms with van der Waals surface area (Å²) < 4.78 is 2.18. The molecule has 0 aliphatic rings. The fourth-order valence-corrected chi connectivity index (χ4v) is 3.14. The first-order valence-electron chi connectivity index (χ1n) is 10.5. The molecule has 0 unspecified atom stereocenters. The van der Waals surface area contributed by atoms with Gasteiger partial charge in [0.05, 0.1) is 6.33 Å². The van der Waals surface area contributed by atoms with Crippen molar-refractivity contribution in [2.75, 3.05) is 0 Å². The Bertz CT molecular complexity index is 373. The van der Waals surface area contributed by atoms with Crippen molar-refractivity contribution in [3.63, 3.8) is 0 Å². The first kappa shape index (κ1) is 24.2. The van der Waals surface area contributed by atoms with Crippen LogP contribution in [0.4, 0.5) is 0 Å². The van der Waals surface area contributed by atoms with Crippen molar-refractivity contribution in [1.29, 1.82) is 0 Å². The molecule has 1 rings (SSSR count). The predicted octanol–water partition coefficient (Wildman–Crippen LogP) is 7.73. The first-order valence-corrected chi connectivity index (χ1v) is 10.5. The van der Waals surface area contributed by atoms with Crippen molar-refractivity contribution in [2.24, 2.45) is 0 Å². The number of unbranched alkanes of at least 4 members (excludes halogenated alkanes) is 13. The molecule has 0 fully saturated rings. The molecular formula is C22H41ClN2. The van der Waals surface area contributed by atoms with Crippen molar-refractivity contribution < 1.29 is 0 Å². The van der Waals surface area contributed by atoms with Gasteiger partial charge in [0.1, 0.15) is 0 Å².